The molecule has 1 aliphatic carbocycles. The average molecular weight is 294 g/mol. The molecule has 2 aromatic rings. The second-order valence-electron chi connectivity index (χ2n) is 5.31. The van der Waals surface area contributed by atoms with Crippen LogP contribution < -0.4 is 5.32 Å². The van der Waals surface area contributed by atoms with Crippen molar-refractivity contribution >= 4 is 23.2 Å². The van der Waals surface area contributed by atoms with E-state index in [1.54, 1.807) is 12.1 Å². The lowest BCUT2D eigenvalue weighted by atomic mass is 10.2. The minimum Gasteiger partial charge on any atom is -0.326 e. The predicted molar refractivity (Wildman–Crippen MR) is 79.2 cm³/mol. The zero-order chi connectivity index (χ0) is 14.1. The highest BCUT2D eigenvalue weighted by molar-refractivity contribution is 6.31. The minimum atomic E-state index is -0.410. The third-order valence-corrected chi connectivity index (χ3v) is 4.04. The Bertz CT molecular complexity index is 618. The first-order valence-electron chi connectivity index (χ1n) is 6.91. The van der Waals surface area contributed by atoms with E-state index in [9.17, 15) is 4.39 Å². The van der Waals surface area contributed by atoms with E-state index in [4.69, 9.17) is 11.6 Å². The third-order valence-electron chi connectivity index (χ3n) is 3.75. The summed E-state index contributed by atoms with van der Waals surface area (Å²) < 4.78 is 15.4. The van der Waals surface area contributed by atoms with Gasteiger partial charge in [0.15, 0.2) is 0 Å². The number of aryl methyl sites for hydroxylation is 1. The predicted octanol–water partition coefficient (Wildman–Crippen LogP) is 4.84. The molecule has 1 saturated carbocycles. The Morgan fingerprint density at radius 2 is 2.10 bits per heavy atom. The van der Waals surface area contributed by atoms with Gasteiger partial charge in [0.2, 0.25) is 5.95 Å². The van der Waals surface area contributed by atoms with Crippen LogP contribution in [0.25, 0.3) is 0 Å². The summed E-state index contributed by atoms with van der Waals surface area (Å²) in [5.74, 6) is 0.393. The number of hydrogen-bond acceptors (Lipinski definition) is 2. The van der Waals surface area contributed by atoms with E-state index in [0.29, 0.717) is 6.04 Å². The molecule has 0 spiro atoms. The maximum atomic E-state index is 13.2. The average Bonchev–Trinajstić information content (AvgIpc) is 3.03. The summed E-state index contributed by atoms with van der Waals surface area (Å²) >= 11 is 5.81. The summed E-state index contributed by atoms with van der Waals surface area (Å²) in [4.78, 5) is 4.52. The molecule has 1 aromatic carbocycles. The normalized spacial score (nSPS) is 15.8. The van der Waals surface area contributed by atoms with Gasteiger partial charge < -0.3 is 9.88 Å². The molecule has 20 heavy (non-hydrogen) atoms. The van der Waals surface area contributed by atoms with Crippen LogP contribution in [0.2, 0.25) is 5.02 Å². The molecule has 1 aliphatic rings. The van der Waals surface area contributed by atoms with E-state index in [-0.39, 0.29) is 5.02 Å². The number of aromatic nitrogens is 2. The molecule has 3 nitrogen and oxygen atoms in total. The first-order valence-corrected chi connectivity index (χ1v) is 7.29. The third kappa shape index (κ3) is 2.66. The van der Waals surface area contributed by atoms with Crippen LogP contribution in [0.1, 0.15) is 37.4 Å². The molecule has 1 aromatic heterocycles. The fourth-order valence-corrected chi connectivity index (χ4v) is 2.95. The molecule has 106 valence electrons. The van der Waals surface area contributed by atoms with Crippen molar-refractivity contribution in [2.24, 2.45) is 0 Å². The maximum Gasteiger partial charge on any atom is 0.207 e. The molecule has 0 aliphatic heterocycles. The smallest absolute Gasteiger partial charge is 0.207 e. The lowest BCUT2D eigenvalue weighted by Gasteiger charge is -2.15. The van der Waals surface area contributed by atoms with Crippen molar-refractivity contribution in [3.63, 3.8) is 0 Å². The zero-order valence-electron chi connectivity index (χ0n) is 11.4. The molecule has 1 fully saturated rings. The van der Waals surface area contributed by atoms with Gasteiger partial charge in [-0.1, -0.05) is 24.4 Å². The fourth-order valence-electron chi connectivity index (χ4n) is 2.77. The number of halogens is 2. The zero-order valence-corrected chi connectivity index (χ0v) is 12.1. The van der Waals surface area contributed by atoms with Crippen molar-refractivity contribution in [3.05, 3.63) is 40.9 Å². The Balaban J connectivity index is 1.87. The van der Waals surface area contributed by atoms with E-state index in [2.05, 4.69) is 21.1 Å². The number of rotatable bonds is 3. The second kappa shape index (κ2) is 5.44. The van der Waals surface area contributed by atoms with E-state index < -0.39 is 5.82 Å². The molecule has 0 radical (unpaired) electrons. The van der Waals surface area contributed by atoms with E-state index in [0.717, 1.165) is 17.3 Å². The Morgan fingerprint density at radius 1 is 1.35 bits per heavy atom. The number of anilines is 2. The van der Waals surface area contributed by atoms with Gasteiger partial charge in [-0.05, 0) is 38.0 Å². The lowest BCUT2D eigenvalue weighted by molar-refractivity contribution is 0.524. The largest absolute Gasteiger partial charge is 0.326 e. The van der Waals surface area contributed by atoms with Gasteiger partial charge in [0.25, 0.3) is 0 Å². The van der Waals surface area contributed by atoms with Gasteiger partial charge in [0, 0.05) is 17.9 Å². The van der Waals surface area contributed by atoms with Gasteiger partial charge in [0.1, 0.15) is 5.82 Å². The van der Waals surface area contributed by atoms with Crippen LogP contribution in [0.5, 0.6) is 0 Å². The van der Waals surface area contributed by atoms with Gasteiger partial charge in [-0.25, -0.2) is 9.37 Å². The molecule has 0 amide bonds. The number of nitrogens with zero attached hydrogens (tertiary/aromatic N) is 2. The SMILES string of the molecule is Cc1cn(C2CCCC2)c(Nc2ccc(F)c(Cl)c2)n1. The highest BCUT2D eigenvalue weighted by Crippen LogP contribution is 2.33. The van der Waals surface area contributed by atoms with Crippen molar-refractivity contribution in [1.82, 2.24) is 9.55 Å². The monoisotopic (exact) mass is 293 g/mol. The Hall–Kier alpha value is -1.55. The molecule has 0 bridgehead atoms. The van der Waals surface area contributed by atoms with Crippen LogP contribution in [0.15, 0.2) is 24.4 Å². The summed E-state index contributed by atoms with van der Waals surface area (Å²) in [5, 5.41) is 3.36. The van der Waals surface area contributed by atoms with Crippen molar-refractivity contribution in [1.29, 1.82) is 0 Å². The summed E-state index contributed by atoms with van der Waals surface area (Å²) in [7, 11) is 0. The van der Waals surface area contributed by atoms with Gasteiger partial charge >= 0.3 is 0 Å². The van der Waals surface area contributed by atoms with E-state index in [1.807, 2.05) is 6.92 Å². The van der Waals surface area contributed by atoms with Crippen molar-refractivity contribution in [2.45, 2.75) is 38.6 Å². The summed E-state index contributed by atoms with van der Waals surface area (Å²) in [6.07, 6.45) is 6.99. The molecule has 3 rings (SSSR count). The molecule has 5 heteroatoms. The first-order chi connectivity index (χ1) is 9.63. The molecule has 0 atom stereocenters. The Labute approximate surface area is 122 Å². The fraction of sp³-hybridized carbons (Fsp3) is 0.400. The molecule has 0 saturated heterocycles. The number of hydrogen-bond donors (Lipinski definition) is 1. The van der Waals surface area contributed by atoms with Crippen LogP contribution in [0.3, 0.4) is 0 Å². The summed E-state index contributed by atoms with van der Waals surface area (Å²) in [6, 6.07) is 5.12. The summed E-state index contributed by atoms with van der Waals surface area (Å²) in [6.45, 7) is 1.98. The van der Waals surface area contributed by atoms with Crippen LogP contribution in [0, 0.1) is 12.7 Å². The Kier molecular flexibility index (Phi) is 3.66. The van der Waals surface area contributed by atoms with Gasteiger partial charge in [0.05, 0.1) is 10.7 Å². The molecule has 1 N–H and O–H groups in total. The molecule has 1 heterocycles. The van der Waals surface area contributed by atoms with Crippen molar-refractivity contribution < 1.29 is 4.39 Å². The van der Waals surface area contributed by atoms with Crippen LogP contribution in [-0.4, -0.2) is 9.55 Å². The highest BCUT2D eigenvalue weighted by atomic mass is 35.5. The molecular weight excluding hydrogens is 277 g/mol. The lowest BCUT2D eigenvalue weighted by Crippen LogP contribution is -2.07. The van der Waals surface area contributed by atoms with E-state index >= 15 is 0 Å². The van der Waals surface area contributed by atoms with Gasteiger partial charge in [-0.15, -0.1) is 0 Å². The molecular formula is C15H17ClFN3. The van der Waals surface area contributed by atoms with Crippen LogP contribution >= 0.6 is 11.6 Å². The Morgan fingerprint density at radius 3 is 2.80 bits per heavy atom. The van der Waals surface area contributed by atoms with Crippen LogP contribution in [0.4, 0.5) is 16.0 Å². The molecule has 0 unspecified atom stereocenters. The maximum absolute atomic E-state index is 13.2. The number of nitrogens with one attached hydrogen (secondary N) is 1. The number of benzene rings is 1. The van der Waals surface area contributed by atoms with E-state index in [1.165, 1.54) is 31.7 Å². The minimum absolute atomic E-state index is 0.116. The number of imidazole rings is 1. The standard InChI is InChI=1S/C15H17ClFN3/c1-10-9-20(12-4-2-3-5-12)15(18-10)19-11-6-7-14(17)13(16)8-11/h6-9,12H,2-5H2,1H3,(H,18,19). The second-order valence-corrected chi connectivity index (χ2v) is 5.71. The topological polar surface area (TPSA) is 29.9 Å². The van der Waals surface area contributed by atoms with Crippen molar-refractivity contribution in [2.75, 3.05) is 5.32 Å². The summed E-state index contributed by atoms with van der Waals surface area (Å²) in [5.41, 5.74) is 1.73. The van der Waals surface area contributed by atoms with Gasteiger partial charge in [-0.3, -0.25) is 0 Å². The van der Waals surface area contributed by atoms with Crippen molar-refractivity contribution in [3.8, 4) is 0 Å². The van der Waals surface area contributed by atoms with Gasteiger partial charge in [-0.2, -0.15) is 0 Å². The quantitative estimate of drug-likeness (QED) is 0.877. The van der Waals surface area contributed by atoms with Crippen LogP contribution in [-0.2, 0) is 0 Å². The first kappa shape index (κ1) is 13.4. The highest BCUT2D eigenvalue weighted by Gasteiger charge is 2.20.